The molecule has 0 aromatic heterocycles. The smallest absolute Gasteiger partial charge is 0.242 e. The van der Waals surface area contributed by atoms with Crippen LogP contribution in [-0.2, 0) is 14.8 Å². The average molecular weight is 346 g/mol. The van der Waals surface area contributed by atoms with Gasteiger partial charge in [0.15, 0.2) is 5.78 Å². The van der Waals surface area contributed by atoms with Gasteiger partial charge in [-0.05, 0) is 38.1 Å². The van der Waals surface area contributed by atoms with Crippen LogP contribution >= 0.6 is 0 Å². The monoisotopic (exact) mass is 346 g/mol. The van der Waals surface area contributed by atoms with Crippen molar-refractivity contribution in [2.45, 2.75) is 24.8 Å². The summed E-state index contributed by atoms with van der Waals surface area (Å²) in [4.78, 5) is 23.6. The Bertz CT molecular complexity index is 848. The highest BCUT2D eigenvalue weighted by molar-refractivity contribution is 7.89. The third kappa shape index (κ3) is 4.50. The third-order valence-electron chi connectivity index (χ3n) is 3.32. The summed E-state index contributed by atoms with van der Waals surface area (Å²) in [6.07, 6.45) is 0. The molecule has 0 heterocycles. The van der Waals surface area contributed by atoms with Gasteiger partial charge in [-0.3, -0.25) is 9.59 Å². The molecular weight excluding hydrogens is 328 g/mol. The van der Waals surface area contributed by atoms with E-state index < -0.39 is 22.0 Å². The SMILES string of the molecule is CC(=O)c1cccc(NC(=O)[C@@H](C)NS(=O)(=O)c2ccccc2)c1. The van der Waals surface area contributed by atoms with Crippen LogP contribution in [0.4, 0.5) is 5.69 Å². The molecule has 0 aliphatic rings. The van der Waals surface area contributed by atoms with Gasteiger partial charge in [-0.1, -0.05) is 30.3 Å². The summed E-state index contributed by atoms with van der Waals surface area (Å²) in [6.45, 7) is 2.88. The quantitative estimate of drug-likeness (QED) is 0.784. The number of Topliss-reactive ketones (excluding diaryl/α,β-unsaturated/α-hetero) is 1. The van der Waals surface area contributed by atoms with Gasteiger partial charge in [0, 0.05) is 11.3 Å². The lowest BCUT2D eigenvalue weighted by molar-refractivity contribution is -0.117. The van der Waals surface area contributed by atoms with Crippen molar-refractivity contribution in [3.05, 3.63) is 60.2 Å². The molecule has 0 unspecified atom stereocenters. The Balaban J connectivity index is 2.07. The van der Waals surface area contributed by atoms with Crippen LogP contribution in [0.1, 0.15) is 24.2 Å². The molecule has 7 heteroatoms. The van der Waals surface area contributed by atoms with Gasteiger partial charge < -0.3 is 5.32 Å². The van der Waals surface area contributed by atoms with E-state index in [0.717, 1.165) is 0 Å². The van der Waals surface area contributed by atoms with E-state index in [-0.39, 0.29) is 10.7 Å². The van der Waals surface area contributed by atoms with Crippen LogP contribution in [0.25, 0.3) is 0 Å². The van der Waals surface area contributed by atoms with Crippen molar-refractivity contribution in [3.8, 4) is 0 Å². The van der Waals surface area contributed by atoms with Gasteiger partial charge in [0.05, 0.1) is 10.9 Å². The Morgan fingerprint density at radius 1 is 1.00 bits per heavy atom. The zero-order valence-electron chi connectivity index (χ0n) is 13.3. The number of anilines is 1. The van der Waals surface area contributed by atoms with Gasteiger partial charge in [-0.2, -0.15) is 4.72 Å². The number of sulfonamides is 1. The van der Waals surface area contributed by atoms with E-state index in [1.807, 2.05) is 0 Å². The summed E-state index contributed by atoms with van der Waals surface area (Å²) >= 11 is 0. The Hall–Kier alpha value is -2.51. The first-order chi connectivity index (χ1) is 11.3. The number of amides is 1. The van der Waals surface area contributed by atoms with Gasteiger partial charge in [-0.15, -0.1) is 0 Å². The summed E-state index contributed by atoms with van der Waals surface area (Å²) in [5.74, 6) is -0.640. The molecule has 2 aromatic carbocycles. The van der Waals surface area contributed by atoms with Crippen molar-refractivity contribution >= 4 is 27.4 Å². The van der Waals surface area contributed by atoms with Gasteiger partial charge in [-0.25, -0.2) is 8.42 Å². The normalized spacial score (nSPS) is 12.4. The number of hydrogen-bond acceptors (Lipinski definition) is 4. The Morgan fingerprint density at radius 3 is 2.29 bits per heavy atom. The van der Waals surface area contributed by atoms with Crippen molar-refractivity contribution in [1.29, 1.82) is 0 Å². The molecule has 6 nitrogen and oxygen atoms in total. The fourth-order valence-electron chi connectivity index (χ4n) is 2.02. The first-order valence-electron chi connectivity index (χ1n) is 7.29. The van der Waals surface area contributed by atoms with E-state index in [4.69, 9.17) is 0 Å². The van der Waals surface area contributed by atoms with Gasteiger partial charge in [0.1, 0.15) is 0 Å². The lowest BCUT2D eigenvalue weighted by Crippen LogP contribution is -2.41. The van der Waals surface area contributed by atoms with Gasteiger partial charge in [0.2, 0.25) is 15.9 Å². The maximum Gasteiger partial charge on any atom is 0.242 e. The molecule has 24 heavy (non-hydrogen) atoms. The summed E-state index contributed by atoms with van der Waals surface area (Å²) in [5.41, 5.74) is 0.892. The second-order valence-electron chi connectivity index (χ2n) is 5.28. The predicted molar refractivity (Wildman–Crippen MR) is 91.3 cm³/mol. The molecule has 1 amide bonds. The van der Waals surface area contributed by atoms with Crippen LogP contribution in [-0.4, -0.2) is 26.2 Å². The molecule has 1 atom stereocenters. The summed E-state index contributed by atoms with van der Waals surface area (Å²) < 4.78 is 26.7. The largest absolute Gasteiger partial charge is 0.325 e. The van der Waals surface area contributed by atoms with Crippen LogP contribution in [0.5, 0.6) is 0 Å². The second-order valence-corrected chi connectivity index (χ2v) is 7.00. The highest BCUT2D eigenvalue weighted by Gasteiger charge is 2.22. The number of hydrogen-bond donors (Lipinski definition) is 2. The van der Waals surface area contributed by atoms with E-state index >= 15 is 0 Å². The van der Waals surface area contributed by atoms with Crippen molar-refractivity contribution < 1.29 is 18.0 Å². The van der Waals surface area contributed by atoms with E-state index in [0.29, 0.717) is 11.3 Å². The molecule has 126 valence electrons. The summed E-state index contributed by atoms with van der Waals surface area (Å²) in [6, 6.07) is 13.3. The molecule has 2 aromatic rings. The van der Waals surface area contributed by atoms with E-state index in [9.17, 15) is 18.0 Å². The minimum absolute atomic E-state index is 0.0863. The molecule has 0 radical (unpaired) electrons. The molecule has 0 spiro atoms. The fourth-order valence-corrected chi connectivity index (χ4v) is 3.24. The molecule has 2 N–H and O–H groups in total. The maximum absolute atomic E-state index is 12.2. The maximum atomic E-state index is 12.2. The summed E-state index contributed by atoms with van der Waals surface area (Å²) in [5, 5.41) is 2.59. The number of rotatable bonds is 6. The van der Waals surface area contributed by atoms with Gasteiger partial charge >= 0.3 is 0 Å². The fraction of sp³-hybridized carbons (Fsp3) is 0.176. The number of benzene rings is 2. The highest BCUT2D eigenvalue weighted by atomic mass is 32.2. The van der Waals surface area contributed by atoms with Gasteiger partial charge in [0.25, 0.3) is 0 Å². The van der Waals surface area contributed by atoms with E-state index in [1.165, 1.54) is 26.0 Å². The lowest BCUT2D eigenvalue weighted by Gasteiger charge is -2.14. The van der Waals surface area contributed by atoms with Crippen LogP contribution < -0.4 is 10.0 Å². The van der Waals surface area contributed by atoms with E-state index in [1.54, 1.807) is 42.5 Å². The highest BCUT2D eigenvalue weighted by Crippen LogP contribution is 2.12. The zero-order valence-corrected chi connectivity index (χ0v) is 14.1. The first-order valence-corrected chi connectivity index (χ1v) is 8.77. The first kappa shape index (κ1) is 17.8. The summed E-state index contributed by atoms with van der Waals surface area (Å²) in [7, 11) is -3.78. The molecular formula is C17H18N2O4S. The second kappa shape index (κ2) is 7.37. The average Bonchev–Trinajstić information content (AvgIpc) is 2.55. The number of ketones is 1. The van der Waals surface area contributed by atoms with Crippen LogP contribution in [0.15, 0.2) is 59.5 Å². The molecule has 0 saturated carbocycles. The van der Waals surface area contributed by atoms with Crippen molar-refractivity contribution in [2.24, 2.45) is 0 Å². The lowest BCUT2D eigenvalue weighted by atomic mass is 10.1. The Labute approximate surface area is 140 Å². The van der Waals surface area contributed by atoms with Crippen LogP contribution in [0.2, 0.25) is 0 Å². The van der Waals surface area contributed by atoms with Crippen molar-refractivity contribution in [1.82, 2.24) is 4.72 Å². The minimum Gasteiger partial charge on any atom is -0.325 e. The zero-order chi connectivity index (χ0) is 17.7. The van der Waals surface area contributed by atoms with Crippen LogP contribution in [0.3, 0.4) is 0 Å². The Kier molecular flexibility index (Phi) is 5.48. The van der Waals surface area contributed by atoms with Crippen LogP contribution in [0, 0.1) is 0 Å². The standard InChI is InChI=1S/C17H18N2O4S/c1-12(19-24(22,23)16-9-4-3-5-10-16)17(21)18-15-8-6-7-14(11-15)13(2)20/h3-12,19H,1-2H3,(H,18,21)/t12-/m1/s1. The molecule has 0 saturated heterocycles. The Morgan fingerprint density at radius 2 is 1.67 bits per heavy atom. The van der Waals surface area contributed by atoms with Crippen molar-refractivity contribution in [2.75, 3.05) is 5.32 Å². The molecule has 0 aliphatic carbocycles. The molecule has 0 fully saturated rings. The molecule has 0 aliphatic heterocycles. The number of carbonyl (C=O) groups excluding carboxylic acids is 2. The minimum atomic E-state index is -3.78. The predicted octanol–water partition coefficient (Wildman–Crippen LogP) is 2.19. The molecule has 0 bridgehead atoms. The third-order valence-corrected chi connectivity index (χ3v) is 4.87. The number of carbonyl (C=O) groups is 2. The molecule has 2 rings (SSSR count). The topological polar surface area (TPSA) is 92.3 Å². The van der Waals surface area contributed by atoms with E-state index in [2.05, 4.69) is 10.0 Å². The number of nitrogens with one attached hydrogen (secondary N) is 2. The van der Waals surface area contributed by atoms with Crippen molar-refractivity contribution in [3.63, 3.8) is 0 Å².